The number of aromatic hydroxyl groups is 1. The Balaban J connectivity index is 0.000000230. The second kappa shape index (κ2) is 8.94. The number of aliphatic hydroxyl groups is 2. The number of hydrogen-bond acceptors (Lipinski definition) is 5. The van der Waals surface area contributed by atoms with Crippen molar-refractivity contribution in [2.45, 2.75) is 43.6 Å². The van der Waals surface area contributed by atoms with Gasteiger partial charge in [0.2, 0.25) is 0 Å². The lowest BCUT2D eigenvalue weighted by atomic mass is 9.95. The largest absolute Gasteiger partial charge is 0.495 e. The van der Waals surface area contributed by atoms with Gasteiger partial charge in [-0.05, 0) is 43.7 Å². The molecule has 0 radical (unpaired) electrons. The second-order valence-corrected chi connectivity index (χ2v) is 8.50. The number of nitrogens with one attached hydrogen (secondary N) is 1. The van der Waals surface area contributed by atoms with Crippen molar-refractivity contribution in [3.8, 4) is 17.1 Å². The molecule has 1 aromatic carbocycles. The van der Waals surface area contributed by atoms with Gasteiger partial charge in [-0.2, -0.15) is 0 Å². The molecule has 0 bridgehead atoms. The first-order valence-electron chi connectivity index (χ1n) is 10.4. The number of nitrogens with zero attached hydrogens (tertiary/aromatic N) is 1. The van der Waals surface area contributed by atoms with E-state index >= 15 is 0 Å². The Morgan fingerprint density at radius 3 is 2.47 bits per heavy atom. The van der Waals surface area contributed by atoms with Crippen molar-refractivity contribution >= 4 is 22.6 Å². The molecule has 6 nitrogen and oxygen atoms in total. The van der Waals surface area contributed by atoms with Gasteiger partial charge in [0, 0.05) is 23.7 Å². The number of aromatic amines is 1. The summed E-state index contributed by atoms with van der Waals surface area (Å²) in [6, 6.07) is 11.4. The molecule has 2 fully saturated rings. The van der Waals surface area contributed by atoms with Crippen LogP contribution in [-0.2, 0) is 10.2 Å². The van der Waals surface area contributed by atoms with Gasteiger partial charge in [0.25, 0.3) is 0 Å². The first-order valence-corrected chi connectivity index (χ1v) is 10.7. The molecule has 1 saturated heterocycles. The highest BCUT2D eigenvalue weighted by molar-refractivity contribution is 6.33. The lowest BCUT2D eigenvalue weighted by Crippen LogP contribution is -2.22. The molecule has 0 amide bonds. The number of rotatable bonds is 4. The molecule has 5 rings (SSSR count). The van der Waals surface area contributed by atoms with Crippen LogP contribution in [-0.4, -0.2) is 51.2 Å². The third-order valence-corrected chi connectivity index (χ3v) is 6.23. The van der Waals surface area contributed by atoms with E-state index in [1.54, 1.807) is 12.1 Å². The lowest BCUT2D eigenvalue weighted by molar-refractivity contribution is -0.0172. The molecule has 4 N–H and O–H groups in total. The SMILES string of the molecule is OCC1(c2ccc(-c3nc4cc(O)[nH]c4cc3Cl)cc2)CC1.OCC1CCCCO1. The van der Waals surface area contributed by atoms with E-state index in [1.807, 2.05) is 24.3 Å². The summed E-state index contributed by atoms with van der Waals surface area (Å²) in [5.74, 6) is 0.0738. The first kappa shape index (κ1) is 21.1. The van der Waals surface area contributed by atoms with E-state index in [-0.39, 0.29) is 30.6 Å². The van der Waals surface area contributed by atoms with Crippen molar-refractivity contribution in [1.29, 1.82) is 0 Å². The van der Waals surface area contributed by atoms with E-state index in [0.29, 0.717) is 21.7 Å². The molecule has 1 aliphatic carbocycles. The van der Waals surface area contributed by atoms with Gasteiger partial charge in [-0.15, -0.1) is 0 Å². The third kappa shape index (κ3) is 4.47. The van der Waals surface area contributed by atoms with Gasteiger partial charge in [0.05, 0.1) is 41.1 Å². The van der Waals surface area contributed by atoms with Gasteiger partial charge in [-0.25, -0.2) is 4.98 Å². The Hall–Kier alpha value is -2.12. The Kier molecular flexibility index (Phi) is 6.29. The first-order chi connectivity index (χ1) is 14.5. The molecule has 2 aliphatic rings. The van der Waals surface area contributed by atoms with E-state index in [4.69, 9.17) is 21.4 Å². The zero-order valence-electron chi connectivity index (χ0n) is 16.8. The highest BCUT2D eigenvalue weighted by atomic mass is 35.5. The number of halogens is 1. The molecule has 3 aromatic rings. The van der Waals surface area contributed by atoms with Crippen LogP contribution in [0.4, 0.5) is 0 Å². The number of aromatic nitrogens is 2. The molecule has 1 unspecified atom stereocenters. The van der Waals surface area contributed by atoms with Crippen molar-refractivity contribution in [3.63, 3.8) is 0 Å². The number of pyridine rings is 1. The summed E-state index contributed by atoms with van der Waals surface area (Å²) in [4.78, 5) is 7.32. The Morgan fingerprint density at radius 1 is 1.13 bits per heavy atom. The van der Waals surface area contributed by atoms with Crippen LogP contribution in [0.15, 0.2) is 36.4 Å². The predicted molar refractivity (Wildman–Crippen MR) is 117 cm³/mol. The maximum absolute atomic E-state index is 9.51. The number of fused-ring (bicyclic) bond motifs is 1. The van der Waals surface area contributed by atoms with E-state index in [1.165, 1.54) is 6.42 Å². The summed E-state index contributed by atoms with van der Waals surface area (Å²) in [5.41, 5.74) is 4.12. The minimum Gasteiger partial charge on any atom is -0.495 e. The molecule has 0 spiro atoms. The number of ether oxygens (including phenoxy) is 1. The average Bonchev–Trinajstić information content (AvgIpc) is 3.50. The lowest BCUT2D eigenvalue weighted by Gasteiger charge is -2.19. The molecule has 7 heteroatoms. The van der Waals surface area contributed by atoms with E-state index in [2.05, 4.69) is 9.97 Å². The van der Waals surface area contributed by atoms with Gasteiger partial charge in [0.15, 0.2) is 5.88 Å². The molecule has 30 heavy (non-hydrogen) atoms. The molecule has 1 saturated carbocycles. The predicted octanol–water partition coefficient (Wildman–Crippen LogP) is 4.16. The van der Waals surface area contributed by atoms with Gasteiger partial charge in [0.1, 0.15) is 0 Å². The van der Waals surface area contributed by atoms with Crippen molar-refractivity contribution in [2.75, 3.05) is 19.8 Å². The van der Waals surface area contributed by atoms with Crippen LogP contribution in [0.5, 0.6) is 5.88 Å². The van der Waals surface area contributed by atoms with Crippen LogP contribution in [0.1, 0.15) is 37.7 Å². The summed E-state index contributed by atoms with van der Waals surface area (Å²) in [5, 5.41) is 28.1. The van der Waals surface area contributed by atoms with E-state index < -0.39 is 0 Å². The minimum absolute atomic E-state index is 0.0356. The van der Waals surface area contributed by atoms with Crippen LogP contribution >= 0.6 is 11.6 Å². The fourth-order valence-electron chi connectivity index (χ4n) is 3.84. The average molecular weight is 431 g/mol. The minimum atomic E-state index is -0.0356. The summed E-state index contributed by atoms with van der Waals surface area (Å²) >= 11 is 6.31. The quantitative estimate of drug-likeness (QED) is 0.498. The molecule has 3 heterocycles. The number of aliphatic hydroxyl groups excluding tert-OH is 2. The highest BCUT2D eigenvalue weighted by Crippen LogP contribution is 2.48. The van der Waals surface area contributed by atoms with Gasteiger partial charge in [-0.1, -0.05) is 35.9 Å². The van der Waals surface area contributed by atoms with Crippen molar-refractivity contribution in [1.82, 2.24) is 9.97 Å². The van der Waals surface area contributed by atoms with Crippen LogP contribution in [0.25, 0.3) is 22.3 Å². The Labute approximate surface area is 180 Å². The van der Waals surface area contributed by atoms with Crippen LogP contribution in [0.3, 0.4) is 0 Å². The normalized spacial score (nSPS) is 19.9. The maximum Gasteiger partial charge on any atom is 0.190 e. The smallest absolute Gasteiger partial charge is 0.190 e. The van der Waals surface area contributed by atoms with Gasteiger partial charge >= 0.3 is 0 Å². The molecular weight excluding hydrogens is 404 g/mol. The topological polar surface area (TPSA) is 98.6 Å². The fourth-order valence-corrected chi connectivity index (χ4v) is 4.10. The molecule has 160 valence electrons. The maximum atomic E-state index is 9.51. The van der Waals surface area contributed by atoms with Crippen molar-refractivity contribution < 1.29 is 20.1 Å². The van der Waals surface area contributed by atoms with Crippen LogP contribution < -0.4 is 0 Å². The fraction of sp³-hybridized carbons (Fsp3) is 0.435. The van der Waals surface area contributed by atoms with Gasteiger partial charge in [-0.3, -0.25) is 0 Å². The second-order valence-electron chi connectivity index (χ2n) is 8.09. The zero-order valence-corrected chi connectivity index (χ0v) is 17.5. The number of hydrogen-bond donors (Lipinski definition) is 4. The van der Waals surface area contributed by atoms with Crippen molar-refractivity contribution in [2.24, 2.45) is 0 Å². The highest BCUT2D eigenvalue weighted by Gasteiger charge is 2.43. The van der Waals surface area contributed by atoms with Crippen LogP contribution in [0.2, 0.25) is 5.02 Å². The van der Waals surface area contributed by atoms with E-state index in [9.17, 15) is 10.2 Å². The third-order valence-electron chi connectivity index (χ3n) is 5.95. The van der Waals surface area contributed by atoms with Gasteiger partial charge < -0.3 is 25.0 Å². The standard InChI is InChI=1S/C17H15ClN2O2.C6H12O2/c18-12-7-13-14(8-15(22)19-13)20-16(12)10-1-3-11(4-2-10)17(9-21)5-6-17;7-5-6-3-1-2-4-8-6/h1-4,7-8,19,21-22H,5-6,9H2;6-7H,1-5H2. The van der Waals surface area contributed by atoms with E-state index in [0.717, 1.165) is 43.4 Å². The Bertz CT molecular complexity index is 992. The molecule has 1 aliphatic heterocycles. The Morgan fingerprint density at radius 2 is 1.90 bits per heavy atom. The number of benzene rings is 1. The molecular formula is C23H27ClN2O4. The van der Waals surface area contributed by atoms with Crippen LogP contribution in [0, 0.1) is 0 Å². The summed E-state index contributed by atoms with van der Waals surface area (Å²) < 4.78 is 5.18. The summed E-state index contributed by atoms with van der Waals surface area (Å²) in [6.07, 6.45) is 5.63. The molecule has 2 aromatic heterocycles. The summed E-state index contributed by atoms with van der Waals surface area (Å²) in [7, 11) is 0. The number of H-pyrrole nitrogens is 1. The summed E-state index contributed by atoms with van der Waals surface area (Å²) in [6.45, 7) is 1.23. The monoisotopic (exact) mass is 430 g/mol. The zero-order chi connectivity index (χ0) is 21.1. The van der Waals surface area contributed by atoms with Crippen molar-refractivity contribution in [3.05, 3.63) is 47.0 Å². The molecule has 1 atom stereocenters.